The first-order valence-electron chi connectivity index (χ1n) is 12.7. The van der Waals surface area contributed by atoms with E-state index in [1.165, 1.54) is 0 Å². The van der Waals surface area contributed by atoms with Crippen molar-refractivity contribution in [3.8, 4) is 5.75 Å². The average Bonchev–Trinajstić information content (AvgIpc) is 3.41. The number of halogens is 2. The van der Waals surface area contributed by atoms with Crippen molar-refractivity contribution < 1.29 is 14.5 Å². The normalized spacial score (nSPS) is 27.4. The van der Waals surface area contributed by atoms with Crippen LogP contribution in [0.25, 0.3) is 0 Å². The molecule has 2 aromatic heterocycles. The highest BCUT2D eigenvalue weighted by Crippen LogP contribution is 2.65. The second-order valence-electron chi connectivity index (χ2n) is 11.3. The fourth-order valence-electron chi connectivity index (χ4n) is 7.62. The van der Waals surface area contributed by atoms with Crippen LogP contribution in [0.1, 0.15) is 50.6 Å². The molecule has 7 rings (SSSR count). The van der Waals surface area contributed by atoms with Crippen molar-refractivity contribution >= 4 is 44.9 Å². The largest absolute Gasteiger partial charge is 0.471 e. The van der Waals surface area contributed by atoms with Gasteiger partial charge in [0.05, 0.1) is 34.4 Å². The summed E-state index contributed by atoms with van der Waals surface area (Å²) < 4.78 is 10.2. The Hall–Kier alpha value is -2.92. The second kappa shape index (κ2) is 9.37. The Morgan fingerprint density at radius 2 is 1.97 bits per heavy atom. The number of carbonyl (C=O) groups is 1. The molecule has 4 saturated carbocycles. The first kappa shape index (κ1) is 25.4. The van der Waals surface area contributed by atoms with Crippen molar-refractivity contribution in [1.29, 1.82) is 0 Å². The standard InChI is InChI=1S/C26H28BrClN6O4/c1-16-23(28)24(34(36)37)31-33(16)26-9-17-6-18(10-26)8-25(7-17,14-26)11-22(35)30-20-12-29-32(13-20)15-38-21-4-2-19(27)3-5-21/h2-5,12-13,17-18H,6-11,14-15H2,1H3,(H,30,35). The van der Waals surface area contributed by atoms with E-state index in [-0.39, 0.29) is 34.4 Å². The average molecular weight is 604 g/mol. The third-order valence-electron chi connectivity index (χ3n) is 8.43. The topological polar surface area (TPSA) is 117 Å². The number of nitrogens with zero attached hydrogens (tertiary/aromatic N) is 5. The van der Waals surface area contributed by atoms with E-state index in [4.69, 9.17) is 16.3 Å². The van der Waals surface area contributed by atoms with Crippen molar-refractivity contribution in [3.05, 3.63) is 62.0 Å². The minimum Gasteiger partial charge on any atom is -0.471 e. The molecule has 1 aromatic carbocycles. The van der Waals surface area contributed by atoms with Crippen LogP contribution in [0.2, 0.25) is 5.02 Å². The van der Waals surface area contributed by atoms with Gasteiger partial charge in [-0.2, -0.15) is 9.78 Å². The fraction of sp³-hybridized carbons (Fsp3) is 0.500. The van der Waals surface area contributed by atoms with Crippen LogP contribution in [-0.4, -0.2) is 30.4 Å². The maximum absolute atomic E-state index is 13.3. The molecule has 200 valence electrons. The molecule has 10 nitrogen and oxygen atoms in total. The summed E-state index contributed by atoms with van der Waals surface area (Å²) in [5.74, 6) is 1.35. The first-order valence-corrected chi connectivity index (χ1v) is 13.9. The summed E-state index contributed by atoms with van der Waals surface area (Å²) in [5.41, 5.74) is 0.771. The summed E-state index contributed by atoms with van der Waals surface area (Å²) in [6, 6.07) is 7.54. The molecule has 0 spiro atoms. The fourth-order valence-corrected chi connectivity index (χ4v) is 8.07. The Balaban J connectivity index is 1.15. The molecule has 4 aliphatic carbocycles. The molecule has 0 radical (unpaired) electrons. The first-order chi connectivity index (χ1) is 18.1. The van der Waals surface area contributed by atoms with E-state index >= 15 is 0 Å². The maximum Gasteiger partial charge on any atom is 0.408 e. The zero-order chi connectivity index (χ0) is 26.7. The van der Waals surface area contributed by atoms with Gasteiger partial charge in [-0.3, -0.25) is 4.79 Å². The Bertz CT molecular complexity index is 1390. The number of amides is 1. The number of rotatable bonds is 8. The summed E-state index contributed by atoms with van der Waals surface area (Å²) in [6.07, 6.45) is 9.54. The molecule has 0 saturated heterocycles. The quantitative estimate of drug-likeness (QED) is 0.247. The van der Waals surface area contributed by atoms with Crippen LogP contribution in [0, 0.1) is 34.3 Å². The molecule has 12 heteroatoms. The summed E-state index contributed by atoms with van der Waals surface area (Å²) in [5, 5.41) is 23.3. The molecule has 2 unspecified atom stereocenters. The number of nitro groups is 1. The van der Waals surface area contributed by atoms with Crippen LogP contribution in [0.3, 0.4) is 0 Å². The van der Waals surface area contributed by atoms with Crippen molar-refractivity contribution in [2.75, 3.05) is 5.32 Å². The third kappa shape index (κ3) is 4.59. The number of hydrogen-bond acceptors (Lipinski definition) is 6. The number of carbonyl (C=O) groups excluding carboxylic acids is 1. The summed E-state index contributed by atoms with van der Waals surface area (Å²) in [7, 11) is 0. The molecule has 38 heavy (non-hydrogen) atoms. The molecule has 4 fully saturated rings. The summed E-state index contributed by atoms with van der Waals surface area (Å²) in [4.78, 5) is 24.2. The van der Waals surface area contributed by atoms with Gasteiger partial charge in [-0.15, -0.1) is 0 Å². The zero-order valence-electron chi connectivity index (χ0n) is 20.9. The minimum atomic E-state index is -0.514. The van der Waals surface area contributed by atoms with Gasteiger partial charge in [0.1, 0.15) is 5.75 Å². The highest BCUT2D eigenvalue weighted by atomic mass is 79.9. The van der Waals surface area contributed by atoms with Gasteiger partial charge < -0.3 is 20.2 Å². The minimum absolute atomic E-state index is 0.0447. The molecule has 3 aromatic rings. The van der Waals surface area contributed by atoms with Crippen molar-refractivity contribution in [3.63, 3.8) is 0 Å². The predicted molar refractivity (Wildman–Crippen MR) is 144 cm³/mol. The number of aromatic nitrogens is 4. The van der Waals surface area contributed by atoms with Gasteiger partial charge in [-0.25, -0.2) is 4.68 Å². The molecule has 2 atom stereocenters. The Morgan fingerprint density at radius 3 is 2.63 bits per heavy atom. The second-order valence-corrected chi connectivity index (χ2v) is 12.6. The lowest BCUT2D eigenvalue weighted by atomic mass is 9.46. The van der Waals surface area contributed by atoms with Gasteiger partial charge in [-0.05, 0) is 91.9 Å². The van der Waals surface area contributed by atoms with Gasteiger partial charge >= 0.3 is 5.82 Å². The SMILES string of the molecule is Cc1c(Cl)c([N+](=O)[O-])nn1C12CC3CC(CC(CC(=O)Nc4cnn(COc5ccc(Br)cc5)c4)(C3)C1)C2. The van der Waals surface area contributed by atoms with Crippen molar-refractivity contribution in [2.24, 2.45) is 17.3 Å². The smallest absolute Gasteiger partial charge is 0.408 e. The van der Waals surface area contributed by atoms with Crippen LogP contribution >= 0.6 is 27.5 Å². The molecular weight excluding hydrogens is 576 g/mol. The van der Waals surface area contributed by atoms with E-state index in [0.717, 1.165) is 48.7 Å². The van der Waals surface area contributed by atoms with Gasteiger partial charge in [0.2, 0.25) is 5.91 Å². The van der Waals surface area contributed by atoms with E-state index in [1.807, 2.05) is 28.9 Å². The van der Waals surface area contributed by atoms with Crippen molar-refractivity contribution in [1.82, 2.24) is 19.6 Å². The lowest BCUT2D eigenvalue weighted by Crippen LogP contribution is -2.57. The number of benzene rings is 1. The highest BCUT2D eigenvalue weighted by Gasteiger charge is 2.60. The lowest BCUT2D eigenvalue weighted by molar-refractivity contribution is -0.389. The predicted octanol–water partition coefficient (Wildman–Crippen LogP) is 6.07. The molecule has 0 aliphatic heterocycles. The number of hydrogen-bond donors (Lipinski definition) is 1. The van der Waals surface area contributed by atoms with Crippen LogP contribution in [0.4, 0.5) is 11.5 Å². The number of anilines is 1. The maximum atomic E-state index is 13.3. The van der Waals surface area contributed by atoms with E-state index < -0.39 is 4.92 Å². The molecular formula is C26H28BrClN6O4. The zero-order valence-corrected chi connectivity index (χ0v) is 23.2. The van der Waals surface area contributed by atoms with E-state index in [9.17, 15) is 14.9 Å². The van der Waals surface area contributed by atoms with Crippen LogP contribution in [0.5, 0.6) is 5.75 Å². The van der Waals surface area contributed by atoms with Gasteiger partial charge in [0.25, 0.3) is 0 Å². The number of ether oxygens (including phenoxy) is 1. The van der Waals surface area contributed by atoms with Gasteiger partial charge in [-0.1, -0.05) is 27.5 Å². The highest BCUT2D eigenvalue weighted by molar-refractivity contribution is 9.10. The van der Waals surface area contributed by atoms with E-state index in [1.54, 1.807) is 24.0 Å². The molecule has 1 amide bonds. The molecule has 4 bridgehead atoms. The van der Waals surface area contributed by atoms with E-state index in [2.05, 4.69) is 31.4 Å². The van der Waals surface area contributed by atoms with Crippen LogP contribution in [0.15, 0.2) is 41.1 Å². The molecule has 4 aliphatic rings. The molecule has 2 heterocycles. The monoisotopic (exact) mass is 602 g/mol. The molecule has 1 N–H and O–H groups in total. The van der Waals surface area contributed by atoms with Crippen LogP contribution in [-0.2, 0) is 17.1 Å². The Morgan fingerprint density at radius 1 is 1.26 bits per heavy atom. The third-order valence-corrected chi connectivity index (χ3v) is 9.40. The summed E-state index contributed by atoms with van der Waals surface area (Å²) in [6.45, 7) is 2.03. The lowest BCUT2D eigenvalue weighted by Gasteiger charge is -2.61. The Kier molecular flexibility index (Phi) is 6.26. The van der Waals surface area contributed by atoms with Gasteiger partial charge in [0, 0.05) is 10.9 Å². The van der Waals surface area contributed by atoms with Crippen LogP contribution < -0.4 is 10.1 Å². The van der Waals surface area contributed by atoms with Gasteiger partial charge in [0.15, 0.2) is 11.8 Å². The van der Waals surface area contributed by atoms with E-state index in [0.29, 0.717) is 29.6 Å². The summed E-state index contributed by atoms with van der Waals surface area (Å²) >= 11 is 9.72. The van der Waals surface area contributed by atoms with Crippen molar-refractivity contribution in [2.45, 2.75) is 64.1 Å². The Labute approximate surface area is 233 Å². The number of nitrogens with one attached hydrogen (secondary N) is 1.